The third kappa shape index (κ3) is 5.75. The van der Waals surface area contributed by atoms with Crippen molar-refractivity contribution in [3.05, 3.63) is 47.7 Å². The van der Waals surface area contributed by atoms with Crippen molar-refractivity contribution in [2.45, 2.75) is 26.2 Å². The molecule has 2 fully saturated rings. The Morgan fingerprint density at radius 1 is 1.09 bits per heavy atom. The van der Waals surface area contributed by atoms with E-state index in [1.807, 2.05) is 35.0 Å². The number of likely N-dealkylation sites (N-methyl/N-ethyl adjacent to an activating group) is 1. The molecule has 170 valence electrons. The zero-order valence-corrected chi connectivity index (χ0v) is 19.0. The third-order valence-corrected chi connectivity index (χ3v) is 6.15. The van der Waals surface area contributed by atoms with Crippen LogP contribution in [0, 0.1) is 5.92 Å². The van der Waals surface area contributed by atoms with Gasteiger partial charge in [0.25, 0.3) is 5.91 Å². The van der Waals surface area contributed by atoms with Crippen molar-refractivity contribution in [3.8, 4) is 0 Å². The van der Waals surface area contributed by atoms with E-state index in [2.05, 4.69) is 27.3 Å². The van der Waals surface area contributed by atoms with E-state index in [0.717, 1.165) is 18.8 Å². The summed E-state index contributed by atoms with van der Waals surface area (Å²) in [6, 6.07) is 12.1. The molecule has 0 unspecified atom stereocenters. The van der Waals surface area contributed by atoms with Crippen molar-refractivity contribution in [2.24, 2.45) is 5.92 Å². The van der Waals surface area contributed by atoms with Gasteiger partial charge in [-0.25, -0.2) is 4.98 Å². The first-order valence-corrected chi connectivity index (χ1v) is 11.4. The van der Waals surface area contributed by atoms with Crippen LogP contribution in [0.4, 0.5) is 11.8 Å². The minimum absolute atomic E-state index is 0.0915. The van der Waals surface area contributed by atoms with Crippen LogP contribution in [0.15, 0.2) is 36.4 Å². The fourth-order valence-electron chi connectivity index (χ4n) is 3.81. The van der Waals surface area contributed by atoms with E-state index in [1.54, 1.807) is 13.0 Å². The molecule has 1 aliphatic carbocycles. The summed E-state index contributed by atoms with van der Waals surface area (Å²) in [5.41, 5.74) is 1.64. The summed E-state index contributed by atoms with van der Waals surface area (Å²) in [5.74, 6) is 1.83. The number of anilines is 2. The molecular formula is C24H32N6O2. The maximum Gasteiger partial charge on any atom is 0.270 e. The Morgan fingerprint density at radius 3 is 2.47 bits per heavy atom. The molecule has 1 saturated heterocycles. The smallest absolute Gasteiger partial charge is 0.270 e. The van der Waals surface area contributed by atoms with Crippen LogP contribution in [0.1, 0.15) is 35.8 Å². The summed E-state index contributed by atoms with van der Waals surface area (Å²) in [4.78, 5) is 39.8. The summed E-state index contributed by atoms with van der Waals surface area (Å²) < 4.78 is 0. The number of carbonyl (C=O) groups is 2. The highest BCUT2D eigenvalue weighted by Crippen LogP contribution is 2.27. The highest BCUT2D eigenvalue weighted by Gasteiger charge is 2.25. The highest BCUT2D eigenvalue weighted by atomic mass is 16.2. The lowest BCUT2D eigenvalue weighted by atomic mass is 10.1. The first kappa shape index (κ1) is 22.0. The molecule has 0 radical (unpaired) electrons. The van der Waals surface area contributed by atoms with Crippen molar-refractivity contribution in [1.29, 1.82) is 0 Å². The maximum atomic E-state index is 12.8. The normalized spacial score (nSPS) is 16.1. The number of aromatic nitrogens is 2. The van der Waals surface area contributed by atoms with Crippen LogP contribution in [-0.4, -0.2) is 73.0 Å². The summed E-state index contributed by atoms with van der Waals surface area (Å²) >= 11 is 0. The van der Waals surface area contributed by atoms with Crippen molar-refractivity contribution >= 4 is 23.6 Å². The minimum atomic E-state index is -0.152. The van der Waals surface area contributed by atoms with Crippen molar-refractivity contribution in [3.63, 3.8) is 0 Å². The average molecular weight is 437 g/mol. The minimum Gasteiger partial charge on any atom is -0.353 e. The molecular weight excluding hydrogens is 404 g/mol. The van der Waals surface area contributed by atoms with Gasteiger partial charge < -0.3 is 20.0 Å². The van der Waals surface area contributed by atoms with Crippen LogP contribution in [-0.2, 0) is 11.2 Å². The number of piperazine rings is 1. The molecule has 0 spiro atoms. The number of nitrogens with one attached hydrogen (secondary N) is 1. The standard InChI is InChI=1S/C24H32N6O2/c1-18(31)29-12-14-30(15-13-29)22-16-21(23(32)25-17-20-8-9-20)26-24(27-22)28(2)11-10-19-6-4-3-5-7-19/h3-7,16,20H,8-15,17H2,1-2H3,(H,25,32). The van der Waals surface area contributed by atoms with E-state index in [9.17, 15) is 9.59 Å². The molecule has 0 bridgehead atoms. The van der Waals surface area contributed by atoms with Gasteiger partial charge in [0.05, 0.1) is 0 Å². The summed E-state index contributed by atoms with van der Waals surface area (Å²) in [6.07, 6.45) is 3.23. The predicted molar refractivity (Wildman–Crippen MR) is 125 cm³/mol. The van der Waals surface area contributed by atoms with Gasteiger partial charge in [-0.1, -0.05) is 30.3 Å². The van der Waals surface area contributed by atoms with Gasteiger partial charge in [0.1, 0.15) is 11.5 Å². The first-order valence-electron chi connectivity index (χ1n) is 11.4. The molecule has 2 heterocycles. The third-order valence-electron chi connectivity index (χ3n) is 6.15. The van der Waals surface area contributed by atoms with Gasteiger partial charge in [-0.2, -0.15) is 4.98 Å². The second kappa shape index (κ2) is 9.97. The van der Waals surface area contributed by atoms with E-state index >= 15 is 0 Å². The van der Waals surface area contributed by atoms with E-state index in [0.29, 0.717) is 50.3 Å². The monoisotopic (exact) mass is 436 g/mol. The second-order valence-electron chi connectivity index (χ2n) is 8.72. The average Bonchev–Trinajstić information content (AvgIpc) is 3.66. The SMILES string of the molecule is CC(=O)N1CCN(c2cc(C(=O)NCC3CC3)nc(N(C)CCc3ccccc3)n2)CC1. The van der Waals surface area contributed by atoms with E-state index in [-0.39, 0.29) is 11.8 Å². The van der Waals surface area contributed by atoms with Gasteiger partial charge in [-0.15, -0.1) is 0 Å². The Balaban J connectivity index is 1.51. The summed E-state index contributed by atoms with van der Waals surface area (Å²) in [5, 5.41) is 3.02. The van der Waals surface area contributed by atoms with Crippen LogP contribution in [0.2, 0.25) is 0 Å². The molecule has 1 aromatic heterocycles. The van der Waals surface area contributed by atoms with Crippen molar-refractivity contribution < 1.29 is 9.59 Å². The predicted octanol–water partition coefficient (Wildman–Crippen LogP) is 1.96. The molecule has 4 rings (SSSR count). The molecule has 1 N–H and O–H groups in total. The Bertz CT molecular complexity index is 939. The van der Waals surface area contributed by atoms with E-state index in [1.165, 1.54) is 18.4 Å². The number of nitrogens with zero attached hydrogens (tertiary/aromatic N) is 5. The number of rotatable bonds is 8. The van der Waals surface area contributed by atoms with E-state index in [4.69, 9.17) is 4.98 Å². The molecule has 2 aromatic rings. The van der Waals surface area contributed by atoms with Gasteiger partial charge in [0.15, 0.2) is 0 Å². The first-order chi connectivity index (χ1) is 15.5. The zero-order chi connectivity index (χ0) is 22.5. The van der Waals surface area contributed by atoms with Crippen LogP contribution in [0.25, 0.3) is 0 Å². The van der Waals surface area contributed by atoms with Crippen LogP contribution in [0.3, 0.4) is 0 Å². The quantitative estimate of drug-likeness (QED) is 0.681. The van der Waals surface area contributed by atoms with Gasteiger partial charge in [-0.3, -0.25) is 9.59 Å². The van der Waals surface area contributed by atoms with Gasteiger partial charge in [0.2, 0.25) is 11.9 Å². The number of carbonyl (C=O) groups excluding carboxylic acids is 2. The Morgan fingerprint density at radius 2 is 1.81 bits per heavy atom. The number of hydrogen-bond donors (Lipinski definition) is 1. The van der Waals surface area contributed by atoms with Gasteiger partial charge >= 0.3 is 0 Å². The number of amides is 2. The largest absolute Gasteiger partial charge is 0.353 e. The molecule has 1 saturated carbocycles. The molecule has 8 nitrogen and oxygen atoms in total. The topological polar surface area (TPSA) is 81.7 Å². The van der Waals surface area contributed by atoms with Crippen molar-refractivity contribution in [2.75, 3.05) is 56.1 Å². The Labute approximate surface area is 189 Å². The number of benzene rings is 1. The Kier molecular flexibility index (Phi) is 6.87. The lowest BCUT2D eigenvalue weighted by molar-refractivity contribution is -0.129. The van der Waals surface area contributed by atoms with Crippen LogP contribution < -0.4 is 15.1 Å². The molecule has 32 heavy (non-hydrogen) atoms. The molecule has 1 aromatic carbocycles. The number of hydrogen-bond acceptors (Lipinski definition) is 6. The second-order valence-corrected chi connectivity index (χ2v) is 8.72. The summed E-state index contributed by atoms with van der Waals surface area (Å²) in [7, 11) is 1.96. The van der Waals surface area contributed by atoms with Crippen LogP contribution >= 0.6 is 0 Å². The summed E-state index contributed by atoms with van der Waals surface area (Å²) in [6.45, 7) is 5.73. The highest BCUT2D eigenvalue weighted by molar-refractivity contribution is 5.93. The maximum absolute atomic E-state index is 12.8. The lowest BCUT2D eigenvalue weighted by Crippen LogP contribution is -2.48. The Hall–Kier alpha value is -3.16. The van der Waals surface area contributed by atoms with Crippen LogP contribution in [0.5, 0.6) is 0 Å². The molecule has 8 heteroatoms. The fourth-order valence-corrected chi connectivity index (χ4v) is 3.81. The van der Waals surface area contributed by atoms with Gasteiger partial charge in [-0.05, 0) is 30.7 Å². The van der Waals surface area contributed by atoms with Crippen molar-refractivity contribution in [1.82, 2.24) is 20.2 Å². The lowest BCUT2D eigenvalue weighted by Gasteiger charge is -2.35. The van der Waals surface area contributed by atoms with Gasteiger partial charge in [0, 0.05) is 59.3 Å². The molecule has 2 aliphatic rings. The fraction of sp³-hybridized carbons (Fsp3) is 0.500. The molecule has 0 atom stereocenters. The zero-order valence-electron chi connectivity index (χ0n) is 19.0. The molecule has 2 amide bonds. The van der Waals surface area contributed by atoms with E-state index < -0.39 is 0 Å². The molecule has 1 aliphatic heterocycles.